The van der Waals surface area contributed by atoms with Gasteiger partial charge in [-0.15, -0.1) is 23.1 Å². The molecular formula is C31H34N4O5S2. The Morgan fingerprint density at radius 1 is 1.05 bits per heavy atom. The maximum atomic E-state index is 13.9. The van der Waals surface area contributed by atoms with Crippen LogP contribution in [0.2, 0.25) is 0 Å². The van der Waals surface area contributed by atoms with Crippen LogP contribution in [0.4, 0.5) is 5.82 Å². The number of nitrogens with one attached hydrogen (secondary N) is 1. The molecule has 1 N–H and O–H groups in total. The normalized spacial score (nSPS) is 14.8. The van der Waals surface area contributed by atoms with Gasteiger partial charge >= 0.3 is 0 Å². The second-order valence-corrected chi connectivity index (χ2v) is 11.9. The number of rotatable bonds is 10. The molecule has 0 saturated heterocycles. The average Bonchev–Trinajstić information content (AvgIpc) is 3.63. The number of benzene rings is 2. The van der Waals surface area contributed by atoms with Gasteiger partial charge in [0.25, 0.3) is 0 Å². The van der Waals surface area contributed by atoms with Crippen LogP contribution in [0.5, 0.6) is 11.5 Å². The number of aromatic nitrogens is 2. The van der Waals surface area contributed by atoms with Crippen molar-refractivity contribution in [2.24, 2.45) is 0 Å². The first-order valence-electron chi connectivity index (χ1n) is 13.5. The highest BCUT2D eigenvalue weighted by Gasteiger charge is 2.39. The molecule has 5 rings (SSSR count). The van der Waals surface area contributed by atoms with Gasteiger partial charge in [-0.2, -0.15) is 5.10 Å². The van der Waals surface area contributed by atoms with Crippen LogP contribution in [-0.4, -0.2) is 68.4 Å². The Hall–Kier alpha value is -3.80. The van der Waals surface area contributed by atoms with Gasteiger partial charge in [-0.25, -0.2) is 4.68 Å². The molecule has 0 fully saturated rings. The second kappa shape index (κ2) is 13.0. The highest BCUT2D eigenvalue weighted by atomic mass is 32.2. The van der Waals surface area contributed by atoms with Crippen LogP contribution >= 0.6 is 23.1 Å². The molecule has 0 radical (unpaired) electrons. The summed E-state index contributed by atoms with van der Waals surface area (Å²) >= 11 is 3.15. The lowest BCUT2D eigenvalue weighted by molar-refractivity contribution is -0.123. The first-order chi connectivity index (χ1) is 20.4. The molecule has 1 aliphatic rings. The Morgan fingerprint density at radius 3 is 2.45 bits per heavy atom. The second-order valence-electron chi connectivity index (χ2n) is 9.78. The lowest BCUT2D eigenvalue weighted by Gasteiger charge is -2.24. The Bertz CT molecular complexity index is 1560. The lowest BCUT2D eigenvalue weighted by Crippen LogP contribution is -2.43. The number of hydrogen-bond acceptors (Lipinski definition) is 8. The molecule has 0 saturated carbocycles. The molecule has 3 heterocycles. The molecular weight excluding hydrogens is 572 g/mol. The third kappa shape index (κ3) is 5.64. The van der Waals surface area contributed by atoms with E-state index in [0.29, 0.717) is 41.7 Å². The molecule has 9 nitrogen and oxygen atoms in total. The van der Waals surface area contributed by atoms with E-state index in [1.807, 2.05) is 66.4 Å². The molecule has 4 aromatic rings. The topological polar surface area (TPSA) is 94.9 Å². The van der Waals surface area contributed by atoms with Crippen molar-refractivity contribution >= 4 is 40.7 Å². The molecule has 2 aromatic carbocycles. The van der Waals surface area contributed by atoms with E-state index in [-0.39, 0.29) is 29.4 Å². The Balaban J connectivity index is 1.84. The number of fused-ring (bicyclic) bond motifs is 1. The fourth-order valence-corrected chi connectivity index (χ4v) is 7.25. The maximum absolute atomic E-state index is 13.9. The van der Waals surface area contributed by atoms with Crippen LogP contribution < -0.4 is 19.7 Å². The van der Waals surface area contributed by atoms with Crippen molar-refractivity contribution in [3.63, 3.8) is 0 Å². The summed E-state index contributed by atoms with van der Waals surface area (Å²) in [4.78, 5) is 29.7. The van der Waals surface area contributed by atoms with Crippen LogP contribution in [-0.2, 0) is 14.3 Å². The Morgan fingerprint density at radius 2 is 1.79 bits per heavy atom. The smallest absolute Gasteiger partial charge is 0.240 e. The van der Waals surface area contributed by atoms with E-state index in [0.717, 1.165) is 27.3 Å². The summed E-state index contributed by atoms with van der Waals surface area (Å²) in [6.07, 6.45) is 0. The molecule has 0 unspecified atom stereocenters. The number of aryl methyl sites for hydroxylation is 1. The Kier molecular flexibility index (Phi) is 9.20. The monoisotopic (exact) mass is 606 g/mol. The SMILES string of the molecule is COCCNC(=O)CN1C(=O)CS[C@@H](c2cccs2)c2c(-c3c(OC)cccc3OC)nn(-c3cccc(C)c3C)c21. The fraction of sp³-hybridized carbons (Fsp3) is 0.323. The van der Waals surface area contributed by atoms with E-state index >= 15 is 0 Å². The van der Waals surface area contributed by atoms with Gasteiger partial charge in [-0.05, 0) is 54.6 Å². The van der Waals surface area contributed by atoms with Crippen molar-refractivity contribution in [3.8, 4) is 28.4 Å². The molecule has 0 bridgehead atoms. The summed E-state index contributed by atoms with van der Waals surface area (Å²) in [7, 11) is 4.81. The van der Waals surface area contributed by atoms with E-state index in [9.17, 15) is 9.59 Å². The number of carbonyl (C=O) groups excluding carboxylic acids is 2. The summed E-state index contributed by atoms with van der Waals surface area (Å²) in [5.41, 5.74) is 5.06. The largest absolute Gasteiger partial charge is 0.496 e. The van der Waals surface area contributed by atoms with Crippen molar-refractivity contribution in [2.75, 3.05) is 51.7 Å². The summed E-state index contributed by atoms with van der Waals surface area (Å²) in [5, 5.41) is 9.89. The van der Waals surface area contributed by atoms with Gasteiger partial charge in [-0.1, -0.05) is 24.3 Å². The first-order valence-corrected chi connectivity index (χ1v) is 15.4. The van der Waals surface area contributed by atoms with E-state index in [2.05, 4.69) is 11.4 Å². The minimum atomic E-state index is -0.281. The number of ether oxygens (including phenoxy) is 3. The summed E-state index contributed by atoms with van der Waals surface area (Å²) in [6, 6.07) is 15.7. The van der Waals surface area contributed by atoms with Gasteiger partial charge in [0, 0.05) is 24.1 Å². The zero-order valence-corrected chi connectivity index (χ0v) is 25.9. The van der Waals surface area contributed by atoms with Gasteiger partial charge in [-0.3, -0.25) is 14.5 Å². The van der Waals surface area contributed by atoms with Crippen molar-refractivity contribution in [3.05, 3.63) is 75.5 Å². The number of amides is 2. The molecule has 42 heavy (non-hydrogen) atoms. The summed E-state index contributed by atoms with van der Waals surface area (Å²) in [5.74, 6) is 1.48. The number of hydrogen-bond donors (Lipinski definition) is 1. The fourth-order valence-electron chi connectivity index (χ4n) is 5.08. The number of methoxy groups -OCH3 is 3. The van der Waals surface area contributed by atoms with Gasteiger partial charge in [0.15, 0.2) is 0 Å². The van der Waals surface area contributed by atoms with Crippen molar-refractivity contribution in [2.45, 2.75) is 19.1 Å². The highest BCUT2D eigenvalue weighted by molar-refractivity contribution is 8.00. The average molecular weight is 607 g/mol. The minimum Gasteiger partial charge on any atom is -0.496 e. The van der Waals surface area contributed by atoms with Crippen LogP contribution in [0.15, 0.2) is 53.9 Å². The van der Waals surface area contributed by atoms with Crippen LogP contribution in [0.3, 0.4) is 0 Å². The predicted octanol–water partition coefficient (Wildman–Crippen LogP) is 5.17. The number of carbonyl (C=O) groups is 2. The van der Waals surface area contributed by atoms with E-state index in [1.165, 1.54) is 11.8 Å². The molecule has 2 amide bonds. The van der Waals surface area contributed by atoms with Gasteiger partial charge < -0.3 is 19.5 Å². The van der Waals surface area contributed by atoms with Gasteiger partial charge in [0.05, 0.1) is 43.1 Å². The number of thiophene rings is 1. The van der Waals surface area contributed by atoms with Crippen molar-refractivity contribution in [1.82, 2.24) is 15.1 Å². The summed E-state index contributed by atoms with van der Waals surface area (Å²) in [6.45, 7) is 4.64. The minimum absolute atomic E-state index is 0.160. The van der Waals surface area contributed by atoms with E-state index < -0.39 is 0 Å². The number of anilines is 1. The maximum Gasteiger partial charge on any atom is 0.240 e. The molecule has 0 spiro atoms. The molecule has 1 atom stereocenters. The van der Waals surface area contributed by atoms with Gasteiger partial charge in [0.1, 0.15) is 29.6 Å². The predicted molar refractivity (Wildman–Crippen MR) is 167 cm³/mol. The molecule has 2 aromatic heterocycles. The number of nitrogens with zero attached hydrogens (tertiary/aromatic N) is 3. The standard InChI is InChI=1S/C31H34N4O5S2/c1-19-9-6-10-21(20(19)2)35-31-28(29(33-35)27-22(39-4)11-7-12-23(27)40-5)30(24-13-8-16-41-24)42-18-26(37)34(31)17-25(36)32-14-15-38-3/h6-13,16,30H,14-15,17-18H2,1-5H3,(H,32,36)/t30-/m0/s1. The van der Waals surface area contributed by atoms with Crippen molar-refractivity contribution in [1.29, 1.82) is 0 Å². The molecule has 220 valence electrons. The summed E-state index contributed by atoms with van der Waals surface area (Å²) < 4.78 is 18.6. The van der Waals surface area contributed by atoms with E-state index in [1.54, 1.807) is 37.6 Å². The third-order valence-electron chi connectivity index (χ3n) is 7.29. The molecule has 0 aliphatic carbocycles. The zero-order valence-electron chi connectivity index (χ0n) is 24.3. The van der Waals surface area contributed by atoms with E-state index in [4.69, 9.17) is 19.3 Å². The number of thioether (sulfide) groups is 1. The quantitative estimate of drug-likeness (QED) is 0.249. The third-order valence-corrected chi connectivity index (χ3v) is 9.61. The van der Waals surface area contributed by atoms with Crippen LogP contribution in [0, 0.1) is 13.8 Å². The highest BCUT2D eigenvalue weighted by Crippen LogP contribution is 2.52. The lowest BCUT2D eigenvalue weighted by atomic mass is 10.0. The molecule has 1 aliphatic heterocycles. The van der Waals surface area contributed by atoms with Crippen LogP contribution in [0.1, 0.15) is 26.8 Å². The Labute approximate surface area is 253 Å². The van der Waals surface area contributed by atoms with Crippen LogP contribution in [0.25, 0.3) is 16.9 Å². The molecule has 11 heteroatoms. The zero-order chi connectivity index (χ0) is 29.8. The first kappa shape index (κ1) is 29.7. The van der Waals surface area contributed by atoms with Crippen molar-refractivity contribution < 1.29 is 23.8 Å². The van der Waals surface area contributed by atoms with Gasteiger partial charge in [0.2, 0.25) is 11.8 Å².